The Hall–Kier alpha value is -1.13. The van der Waals surface area contributed by atoms with Crippen molar-refractivity contribution in [3.63, 3.8) is 0 Å². The third-order valence-electron chi connectivity index (χ3n) is 4.52. The zero-order valence-electron chi connectivity index (χ0n) is 11.0. The molecule has 0 radical (unpaired) electrons. The smallest absolute Gasteiger partial charge is 0.128 e. The Labute approximate surface area is 109 Å². The van der Waals surface area contributed by atoms with E-state index in [1.807, 2.05) is 6.20 Å². The topological polar surface area (TPSA) is 45.4 Å². The molecular weight excluding hydrogens is 224 g/mol. The minimum absolute atomic E-state index is 0.570. The molecule has 2 atom stereocenters. The van der Waals surface area contributed by atoms with Gasteiger partial charge in [0.1, 0.15) is 5.82 Å². The lowest BCUT2D eigenvalue weighted by molar-refractivity contribution is 0.254. The molecule has 18 heavy (non-hydrogen) atoms. The molecule has 1 aromatic rings. The van der Waals surface area contributed by atoms with Gasteiger partial charge in [-0.3, -0.25) is 4.90 Å². The van der Waals surface area contributed by atoms with Crippen molar-refractivity contribution in [2.24, 2.45) is 5.73 Å². The molecule has 0 amide bonds. The molecule has 2 saturated heterocycles. The number of rotatable bonds is 2. The van der Waals surface area contributed by atoms with Crippen molar-refractivity contribution in [1.82, 2.24) is 9.88 Å². The van der Waals surface area contributed by atoms with Crippen LogP contribution < -0.4 is 10.6 Å². The number of fused-ring (bicyclic) bond motifs is 2. The molecule has 2 aliphatic rings. The Kier molecular flexibility index (Phi) is 3.22. The van der Waals surface area contributed by atoms with Gasteiger partial charge in [0.25, 0.3) is 0 Å². The van der Waals surface area contributed by atoms with Crippen LogP contribution in [0.2, 0.25) is 0 Å². The minimum Gasteiger partial charge on any atom is -0.355 e. The number of nitrogens with two attached hydrogens (primary N) is 1. The van der Waals surface area contributed by atoms with E-state index in [1.165, 1.54) is 19.3 Å². The SMILES string of the molecule is CN1C2CCC1CN(c1ccc(CN)cn1)CC2. The van der Waals surface area contributed by atoms with Gasteiger partial charge in [-0.05, 0) is 37.9 Å². The highest BCUT2D eigenvalue weighted by molar-refractivity contribution is 5.40. The molecule has 0 spiro atoms. The van der Waals surface area contributed by atoms with E-state index >= 15 is 0 Å². The molecule has 4 heteroatoms. The zero-order valence-corrected chi connectivity index (χ0v) is 11.0. The molecule has 2 aliphatic heterocycles. The third-order valence-corrected chi connectivity index (χ3v) is 4.52. The second-order valence-corrected chi connectivity index (χ2v) is 5.51. The number of aromatic nitrogens is 1. The van der Waals surface area contributed by atoms with Crippen LogP contribution in [-0.2, 0) is 6.54 Å². The predicted octanol–water partition coefficient (Wildman–Crippen LogP) is 1.21. The highest BCUT2D eigenvalue weighted by Gasteiger charge is 2.34. The maximum atomic E-state index is 5.61. The van der Waals surface area contributed by atoms with Crippen LogP contribution in [0.4, 0.5) is 5.82 Å². The average Bonchev–Trinajstić information content (AvgIpc) is 2.64. The lowest BCUT2D eigenvalue weighted by Crippen LogP contribution is -2.36. The largest absolute Gasteiger partial charge is 0.355 e. The zero-order chi connectivity index (χ0) is 12.5. The first kappa shape index (κ1) is 11.9. The van der Waals surface area contributed by atoms with Crippen LogP contribution >= 0.6 is 0 Å². The van der Waals surface area contributed by atoms with E-state index in [-0.39, 0.29) is 0 Å². The first-order valence-electron chi connectivity index (χ1n) is 6.90. The fourth-order valence-corrected chi connectivity index (χ4v) is 3.24. The van der Waals surface area contributed by atoms with E-state index in [2.05, 4.69) is 34.0 Å². The summed E-state index contributed by atoms with van der Waals surface area (Å²) in [7, 11) is 2.27. The van der Waals surface area contributed by atoms with E-state index in [4.69, 9.17) is 5.73 Å². The van der Waals surface area contributed by atoms with E-state index in [0.717, 1.165) is 30.5 Å². The Morgan fingerprint density at radius 2 is 2.11 bits per heavy atom. The Bertz CT molecular complexity index is 403. The molecule has 0 saturated carbocycles. The predicted molar refractivity (Wildman–Crippen MR) is 73.5 cm³/mol. The maximum absolute atomic E-state index is 5.61. The van der Waals surface area contributed by atoms with Gasteiger partial charge in [-0.1, -0.05) is 6.07 Å². The number of hydrogen-bond acceptors (Lipinski definition) is 4. The van der Waals surface area contributed by atoms with Crippen molar-refractivity contribution >= 4 is 5.82 Å². The lowest BCUT2D eigenvalue weighted by Gasteiger charge is -2.26. The first-order chi connectivity index (χ1) is 8.78. The Balaban J connectivity index is 1.76. The standard InChI is InChI=1S/C14H22N4/c1-17-12-3-4-13(17)10-18(7-6-12)14-5-2-11(8-15)9-16-14/h2,5,9,12-13H,3-4,6-8,10,15H2,1H3. The summed E-state index contributed by atoms with van der Waals surface area (Å²) in [5.74, 6) is 1.10. The minimum atomic E-state index is 0.570. The number of likely N-dealkylation sites (N-methyl/N-ethyl adjacent to an activating group) is 1. The molecule has 98 valence electrons. The molecule has 4 nitrogen and oxygen atoms in total. The summed E-state index contributed by atoms with van der Waals surface area (Å²) in [6, 6.07) is 5.69. The number of hydrogen-bond donors (Lipinski definition) is 1. The van der Waals surface area contributed by atoms with Gasteiger partial charge in [0.2, 0.25) is 0 Å². The number of pyridine rings is 1. The summed E-state index contributed by atoms with van der Waals surface area (Å²) < 4.78 is 0. The second kappa shape index (κ2) is 4.86. The van der Waals surface area contributed by atoms with E-state index < -0.39 is 0 Å². The third kappa shape index (κ3) is 2.10. The van der Waals surface area contributed by atoms with Gasteiger partial charge >= 0.3 is 0 Å². The monoisotopic (exact) mass is 246 g/mol. The summed E-state index contributed by atoms with van der Waals surface area (Å²) in [5, 5.41) is 0. The van der Waals surface area contributed by atoms with Gasteiger partial charge in [0, 0.05) is 37.9 Å². The lowest BCUT2D eigenvalue weighted by atomic mass is 10.1. The highest BCUT2D eigenvalue weighted by Crippen LogP contribution is 2.29. The van der Waals surface area contributed by atoms with Crippen molar-refractivity contribution in [2.45, 2.75) is 37.9 Å². The summed E-state index contributed by atoms with van der Waals surface area (Å²) in [4.78, 5) is 9.55. The second-order valence-electron chi connectivity index (χ2n) is 5.51. The maximum Gasteiger partial charge on any atom is 0.128 e. The van der Waals surface area contributed by atoms with Gasteiger partial charge in [-0.25, -0.2) is 4.98 Å². The van der Waals surface area contributed by atoms with Crippen molar-refractivity contribution in [3.8, 4) is 0 Å². The van der Waals surface area contributed by atoms with Crippen LogP contribution in [0.25, 0.3) is 0 Å². The molecule has 2 bridgehead atoms. The quantitative estimate of drug-likeness (QED) is 0.852. The van der Waals surface area contributed by atoms with Crippen LogP contribution in [0.5, 0.6) is 0 Å². The number of nitrogens with zero attached hydrogens (tertiary/aromatic N) is 3. The number of anilines is 1. The molecule has 2 unspecified atom stereocenters. The highest BCUT2D eigenvalue weighted by atomic mass is 15.3. The van der Waals surface area contributed by atoms with Crippen LogP contribution in [0.15, 0.2) is 18.3 Å². The van der Waals surface area contributed by atoms with Crippen LogP contribution in [0, 0.1) is 0 Å². The summed E-state index contributed by atoms with van der Waals surface area (Å²) in [6.45, 7) is 2.81. The van der Waals surface area contributed by atoms with Crippen molar-refractivity contribution in [3.05, 3.63) is 23.9 Å². The fourth-order valence-electron chi connectivity index (χ4n) is 3.24. The first-order valence-corrected chi connectivity index (χ1v) is 6.90. The van der Waals surface area contributed by atoms with E-state index in [0.29, 0.717) is 12.6 Å². The van der Waals surface area contributed by atoms with Crippen molar-refractivity contribution in [1.29, 1.82) is 0 Å². The molecule has 3 heterocycles. The van der Waals surface area contributed by atoms with Crippen LogP contribution in [0.1, 0.15) is 24.8 Å². The van der Waals surface area contributed by atoms with Gasteiger partial charge < -0.3 is 10.6 Å². The molecule has 0 aromatic carbocycles. The molecule has 2 fully saturated rings. The summed E-state index contributed by atoms with van der Waals surface area (Å²) in [6.07, 6.45) is 5.86. The molecule has 2 N–H and O–H groups in total. The fraction of sp³-hybridized carbons (Fsp3) is 0.643. The summed E-state index contributed by atoms with van der Waals surface area (Å²) in [5.41, 5.74) is 6.71. The van der Waals surface area contributed by atoms with E-state index in [9.17, 15) is 0 Å². The van der Waals surface area contributed by atoms with Gasteiger partial charge in [-0.2, -0.15) is 0 Å². The average molecular weight is 246 g/mol. The normalized spacial score (nSPS) is 28.4. The molecule has 3 rings (SSSR count). The van der Waals surface area contributed by atoms with Gasteiger partial charge in [0.15, 0.2) is 0 Å². The van der Waals surface area contributed by atoms with Gasteiger partial charge in [0.05, 0.1) is 0 Å². The molecular formula is C14H22N4. The van der Waals surface area contributed by atoms with Crippen molar-refractivity contribution in [2.75, 3.05) is 25.0 Å². The Morgan fingerprint density at radius 1 is 1.28 bits per heavy atom. The van der Waals surface area contributed by atoms with Gasteiger partial charge in [-0.15, -0.1) is 0 Å². The van der Waals surface area contributed by atoms with E-state index in [1.54, 1.807) is 0 Å². The van der Waals surface area contributed by atoms with Crippen molar-refractivity contribution < 1.29 is 0 Å². The summed E-state index contributed by atoms with van der Waals surface area (Å²) >= 11 is 0. The Morgan fingerprint density at radius 3 is 2.83 bits per heavy atom. The van der Waals surface area contributed by atoms with Crippen LogP contribution in [0.3, 0.4) is 0 Å². The van der Waals surface area contributed by atoms with Crippen LogP contribution in [-0.4, -0.2) is 42.1 Å². The molecule has 1 aromatic heterocycles. The molecule has 0 aliphatic carbocycles.